The van der Waals surface area contributed by atoms with Gasteiger partial charge in [-0.05, 0) is 48.4 Å². The van der Waals surface area contributed by atoms with Crippen LogP contribution in [0, 0.1) is 0 Å². The van der Waals surface area contributed by atoms with Crippen LogP contribution in [-0.2, 0) is 9.59 Å². The van der Waals surface area contributed by atoms with Gasteiger partial charge in [-0.1, -0.05) is 44.4 Å². The number of hydrogen-bond donors (Lipinski definition) is 2. The van der Waals surface area contributed by atoms with Gasteiger partial charge in [-0.15, -0.1) is 11.3 Å². The summed E-state index contributed by atoms with van der Waals surface area (Å²) in [5, 5.41) is 7.68. The first-order valence-corrected chi connectivity index (χ1v) is 12.5. The van der Waals surface area contributed by atoms with E-state index < -0.39 is 6.04 Å². The summed E-state index contributed by atoms with van der Waals surface area (Å²) in [6.45, 7) is 2.31. The van der Waals surface area contributed by atoms with Crippen molar-refractivity contribution in [1.29, 1.82) is 0 Å². The number of carbonyl (C=O) groups is 3. The third-order valence-electron chi connectivity index (χ3n) is 5.91. The highest BCUT2D eigenvalue weighted by Gasteiger charge is 2.33. The van der Waals surface area contributed by atoms with Gasteiger partial charge in [0.2, 0.25) is 11.8 Å². The second-order valence-electron chi connectivity index (χ2n) is 8.27. The van der Waals surface area contributed by atoms with E-state index in [9.17, 15) is 14.4 Å². The molecule has 178 valence electrons. The molecule has 1 atom stereocenters. The normalized spacial score (nSPS) is 14.5. The molecule has 2 aromatic rings. The van der Waals surface area contributed by atoms with E-state index in [-0.39, 0.29) is 30.3 Å². The van der Waals surface area contributed by atoms with Gasteiger partial charge in [0.1, 0.15) is 11.8 Å². The highest BCUT2D eigenvalue weighted by atomic mass is 32.1. The van der Waals surface area contributed by atoms with Crippen LogP contribution in [0.2, 0.25) is 0 Å². The van der Waals surface area contributed by atoms with Gasteiger partial charge >= 0.3 is 0 Å². The highest BCUT2D eigenvalue weighted by molar-refractivity contribution is 7.12. The molecule has 0 spiro atoms. The van der Waals surface area contributed by atoms with Gasteiger partial charge < -0.3 is 20.3 Å². The molecule has 0 unspecified atom stereocenters. The first-order valence-electron chi connectivity index (χ1n) is 11.6. The van der Waals surface area contributed by atoms with Gasteiger partial charge in [-0.3, -0.25) is 14.4 Å². The van der Waals surface area contributed by atoms with E-state index >= 15 is 0 Å². The van der Waals surface area contributed by atoms with Gasteiger partial charge in [-0.25, -0.2) is 0 Å². The van der Waals surface area contributed by atoms with Crippen LogP contribution < -0.4 is 15.4 Å². The summed E-state index contributed by atoms with van der Waals surface area (Å²) in [5.74, 6) is -0.0645. The molecule has 0 aliphatic heterocycles. The van der Waals surface area contributed by atoms with Crippen molar-refractivity contribution in [2.45, 2.75) is 57.5 Å². The van der Waals surface area contributed by atoms with Crippen molar-refractivity contribution in [2.75, 3.05) is 20.2 Å². The number of benzene rings is 1. The number of unbranched alkanes of at least 4 members (excludes halogenated alkanes) is 1. The lowest BCUT2D eigenvalue weighted by Crippen LogP contribution is -2.49. The van der Waals surface area contributed by atoms with Crippen LogP contribution in [0.5, 0.6) is 5.75 Å². The van der Waals surface area contributed by atoms with Crippen molar-refractivity contribution < 1.29 is 19.1 Å². The number of amides is 3. The minimum atomic E-state index is -0.769. The van der Waals surface area contributed by atoms with Crippen molar-refractivity contribution in [3.63, 3.8) is 0 Å². The molecule has 3 amide bonds. The lowest BCUT2D eigenvalue weighted by atomic mass is 10.0. The summed E-state index contributed by atoms with van der Waals surface area (Å²) in [6.07, 6.45) is 5.76. The fourth-order valence-corrected chi connectivity index (χ4v) is 4.73. The average molecular weight is 472 g/mol. The Morgan fingerprint density at radius 2 is 1.88 bits per heavy atom. The molecule has 1 fully saturated rings. The van der Waals surface area contributed by atoms with Crippen molar-refractivity contribution in [3.8, 4) is 5.75 Å². The smallest absolute Gasteiger partial charge is 0.261 e. The molecular formula is C25H33N3O4S. The van der Waals surface area contributed by atoms with E-state index in [0.29, 0.717) is 17.2 Å². The minimum absolute atomic E-state index is 0.139. The van der Waals surface area contributed by atoms with E-state index in [1.54, 1.807) is 36.3 Å². The monoisotopic (exact) mass is 471 g/mol. The average Bonchev–Trinajstić information content (AvgIpc) is 3.54. The largest absolute Gasteiger partial charge is 0.497 e. The molecule has 7 nitrogen and oxygen atoms in total. The van der Waals surface area contributed by atoms with Crippen LogP contribution in [0.25, 0.3) is 0 Å². The molecule has 1 aromatic carbocycles. The maximum atomic E-state index is 13.5. The van der Waals surface area contributed by atoms with Crippen molar-refractivity contribution in [1.82, 2.24) is 15.5 Å². The zero-order chi connectivity index (χ0) is 23.6. The van der Waals surface area contributed by atoms with E-state index in [4.69, 9.17) is 4.74 Å². The quantitative estimate of drug-likeness (QED) is 0.520. The van der Waals surface area contributed by atoms with Gasteiger partial charge in [0.15, 0.2) is 0 Å². The molecule has 8 heteroatoms. The summed E-state index contributed by atoms with van der Waals surface area (Å²) < 4.78 is 5.26. The summed E-state index contributed by atoms with van der Waals surface area (Å²) in [4.78, 5) is 41.3. The van der Waals surface area contributed by atoms with Gasteiger partial charge in [0.25, 0.3) is 5.91 Å². The molecule has 1 aliphatic rings. The number of nitrogens with zero attached hydrogens (tertiary/aromatic N) is 1. The Hall–Kier alpha value is -2.87. The van der Waals surface area contributed by atoms with Gasteiger partial charge in [0.05, 0.1) is 18.5 Å². The second-order valence-corrected chi connectivity index (χ2v) is 9.21. The molecule has 0 radical (unpaired) electrons. The molecule has 0 saturated heterocycles. The molecule has 3 rings (SSSR count). The van der Waals surface area contributed by atoms with Crippen molar-refractivity contribution >= 4 is 29.1 Å². The SMILES string of the molecule is CCCCN(C(=O)CNC(=O)c1cccs1)[C@@H](C(=O)NC1CCCC1)c1ccc(OC)cc1. The Morgan fingerprint density at radius 1 is 1.15 bits per heavy atom. The zero-order valence-corrected chi connectivity index (χ0v) is 20.2. The van der Waals surface area contributed by atoms with Crippen LogP contribution in [-0.4, -0.2) is 48.9 Å². The summed E-state index contributed by atoms with van der Waals surface area (Å²) >= 11 is 1.32. The Bertz CT molecular complexity index is 908. The molecule has 1 aromatic heterocycles. The number of hydrogen-bond acceptors (Lipinski definition) is 5. The molecule has 1 aliphatic carbocycles. The molecule has 0 bridgehead atoms. The summed E-state index contributed by atoms with van der Waals surface area (Å²) in [5.41, 5.74) is 0.723. The number of carbonyl (C=O) groups excluding carboxylic acids is 3. The van der Waals surface area contributed by atoms with E-state index in [1.165, 1.54) is 11.3 Å². The third kappa shape index (κ3) is 6.81. The lowest BCUT2D eigenvalue weighted by Gasteiger charge is -2.32. The van der Waals surface area contributed by atoms with Gasteiger partial charge in [0, 0.05) is 12.6 Å². The van der Waals surface area contributed by atoms with Crippen LogP contribution in [0.15, 0.2) is 41.8 Å². The van der Waals surface area contributed by atoms with E-state index in [1.807, 2.05) is 24.4 Å². The Morgan fingerprint density at radius 3 is 2.48 bits per heavy atom. The minimum Gasteiger partial charge on any atom is -0.497 e. The standard InChI is InChI=1S/C25H33N3O4S/c1-3-4-15-28(22(29)17-26-24(30)21-10-7-16-33-21)23(18-11-13-20(32-2)14-12-18)25(31)27-19-8-5-6-9-19/h7,10-14,16,19,23H,3-6,8-9,15,17H2,1-2H3,(H,26,30)(H,27,31)/t23-/m1/s1. The molecular weight excluding hydrogens is 438 g/mol. The van der Waals surface area contributed by atoms with E-state index in [2.05, 4.69) is 10.6 Å². The lowest BCUT2D eigenvalue weighted by molar-refractivity contribution is -0.140. The molecule has 1 saturated carbocycles. The first-order chi connectivity index (χ1) is 16.0. The number of thiophene rings is 1. The second kappa shape index (κ2) is 12.4. The number of methoxy groups -OCH3 is 1. The fraction of sp³-hybridized carbons (Fsp3) is 0.480. The maximum Gasteiger partial charge on any atom is 0.261 e. The van der Waals surface area contributed by atoms with E-state index in [0.717, 1.165) is 44.1 Å². The Kier molecular flexibility index (Phi) is 9.30. The summed E-state index contributed by atoms with van der Waals surface area (Å²) in [6, 6.07) is 10.1. The topological polar surface area (TPSA) is 87.7 Å². The Labute approximate surface area is 199 Å². The van der Waals surface area contributed by atoms with Crippen molar-refractivity contribution in [2.24, 2.45) is 0 Å². The number of rotatable bonds is 11. The number of nitrogens with one attached hydrogen (secondary N) is 2. The Balaban J connectivity index is 1.82. The molecule has 33 heavy (non-hydrogen) atoms. The predicted octanol–water partition coefficient (Wildman–Crippen LogP) is 3.92. The predicted molar refractivity (Wildman–Crippen MR) is 129 cm³/mol. The van der Waals surface area contributed by atoms with Crippen LogP contribution in [0.1, 0.15) is 66.7 Å². The summed E-state index contributed by atoms with van der Waals surface area (Å²) in [7, 11) is 1.59. The van der Waals surface area contributed by atoms with Crippen LogP contribution >= 0.6 is 11.3 Å². The van der Waals surface area contributed by atoms with Crippen LogP contribution in [0.3, 0.4) is 0 Å². The zero-order valence-electron chi connectivity index (χ0n) is 19.3. The highest BCUT2D eigenvalue weighted by Crippen LogP contribution is 2.26. The van der Waals surface area contributed by atoms with Crippen LogP contribution in [0.4, 0.5) is 0 Å². The van der Waals surface area contributed by atoms with Gasteiger partial charge in [-0.2, -0.15) is 0 Å². The van der Waals surface area contributed by atoms with Crippen molar-refractivity contribution in [3.05, 3.63) is 52.2 Å². The third-order valence-corrected chi connectivity index (χ3v) is 6.78. The first kappa shape index (κ1) is 24.8. The maximum absolute atomic E-state index is 13.5. The fourth-order valence-electron chi connectivity index (χ4n) is 4.09. The molecule has 1 heterocycles. The number of ether oxygens (including phenoxy) is 1. The molecule has 2 N–H and O–H groups in total.